The molecule has 11 aromatic rings. The second kappa shape index (κ2) is 19.8. The van der Waals surface area contributed by atoms with Crippen molar-refractivity contribution < 1.29 is 0 Å². The van der Waals surface area contributed by atoms with Gasteiger partial charge in [0.05, 0.1) is 16.7 Å². The molecule has 3 nitrogen and oxygen atoms in total. The fraction of sp³-hybridized carbons (Fsp3) is 0.143. The Labute approximate surface area is 518 Å². The van der Waals surface area contributed by atoms with Crippen molar-refractivity contribution >= 4 is 84.6 Å². The molecule has 1 aromatic heterocycles. The van der Waals surface area contributed by atoms with E-state index in [9.17, 15) is 0 Å². The normalized spacial score (nSPS) is 18.1. The zero-order valence-corrected chi connectivity index (χ0v) is 50.8. The van der Waals surface area contributed by atoms with Crippen LogP contribution in [0.1, 0.15) is 53.5 Å². The summed E-state index contributed by atoms with van der Waals surface area (Å²) < 4.78 is 2.52. The molecular formula is C84H68BN3. The molecule has 3 atom stereocenters. The molecule has 2 aliphatic heterocycles. The van der Waals surface area contributed by atoms with Crippen LogP contribution in [0.25, 0.3) is 66.4 Å². The summed E-state index contributed by atoms with van der Waals surface area (Å²) in [5, 5.41) is 2.48. The Morgan fingerprint density at radius 3 is 1.50 bits per heavy atom. The molecule has 0 bridgehead atoms. The number of anilines is 6. The molecule has 0 radical (unpaired) electrons. The second-order valence-electron chi connectivity index (χ2n) is 27.3. The number of benzene rings is 10. The lowest BCUT2D eigenvalue weighted by molar-refractivity contribution is 0.329. The minimum atomic E-state index is -0.121. The summed E-state index contributed by atoms with van der Waals surface area (Å²) >= 11 is 0. The summed E-state index contributed by atoms with van der Waals surface area (Å²) in [6.07, 6.45) is 16.5. The van der Waals surface area contributed by atoms with Crippen LogP contribution in [0.2, 0.25) is 0 Å². The van der Waals surface area contributed by atoms with Crippen LogP contribution >= 0.6 is 0 Å². The zero-order chi connectivity index (χ0) is 59.2. The van der Waals surface area contributed by atoms with E-state index in [0.717, 1.165) is 23.5 Å². The molecule has 422 valence electrons. The second-order valence-corrected chi connectivity index (χ2v) is 27.3. The van der Waals surface area contributed by atoms with Crippen molar-refractivity contribution in [3.8, 4) is 39.1 Å². The van der Waals surface area contributed by atoms with Crippen LogP contribution in [-0.4, -0.2) is 11.3 Å². The third-order valence-corrected chi connectivity index (χ3v) is 20.1. The molecule has 6 aliphatic rings. The molecule has 4 heteroatoms. The quantitative estimate of drug-likeness (QED) is 0.147. The van der Waals surface area contributed by atoms with Gasteiger partial charge in [-0.3, -0.25) is 0 Å². The first-order valence-electron chi connectivity index (χ1n) is 31.6. The van der Waals surface area contributed by atoms with Gasteiger partial charge in [0.2, 0.25) is 0 Å². The van der Waals surface area contributed by atoms with Gasteiger partial charge in [-0.25, -0.2) is 0 Å². The van der Waals surface area contributed by atoms with Gasteiger partial charge in [-0.2, -0.15) is 0 Å². The van der Waals surface area contributed by atoms with E-state index >= 15 is 0 Å². The highest BCUT2D eigenvalue weighted by Gasteiger charge is 2.47. The third kappa shape index (κ3) is 8.32. The van der Waals surface area contributed by atoms with Crippen molar-refractivity contribution in [3.05, 3.63) is 306 Å². The maximum absolute atomic E-state index is 2.64. The van der Waals surface area contributed by atoms with Crippen molar-refractivity contribution in [1.29, 1.82) is 0 Å². The summed E-state index contributed by atoms with van der Waals surface area (Å²) in [7, 11) is 0. The van der Waals surface area contributed by atoms with E-state index in [-0.39, 0.29) is 17.5 Å². The minimum absolute atomic E-state index is 0.00406. The lowest BCUT2D eigenvalue weighted by atomic mass is 9.33. The first-order valence-corrected chi connectivity index (χ1v) is 31.6. The Bertz CT molecular complexity index is 4830. The van der Waals surface area contributed by atoms with Crippen molar-refractivity contribution in [2.75, 3.05) is 9.80 Å². The van der Waals surface area contributed by atoms with Gasteiger partial charge >= 0.3 is 0 Å². The summed E-state index contributed by atoms with van der Waals surface area (Å²) in [5.41, 5.74) is 31.4. The van der Waals surface area contributed by atoms with E-state index in [1.165, 1.54) is 133 Å². The van der Waals surface area contributed by atoms with Gasteiger partial charge < -0.3 is 14.4 Å². The Hall–Kier alpha value is -9.90. The molecule has 10 aromatic carbocycles. The number of fused-ring (bicyclic) bond motifs is 7. The Morgan fingerprint density at radius 1 is 0.398 bits per heavy atom. The van der Waals surface area contributed by atoms with Crippen LogP contribution in [0, 0.1) is 28.6 Å². The van der Waals surface area contributed by atoms with E-state index in [4.69, 9.17) is 0 Å². The monoisotopic (exact) mass is 1130 g/mol. The molecule has 0 saturated carbocycles. The maximum Gasteiger partial charge on any atom is 0.252 e. The SMILES string of the molecule is CC(C)(C)C1=CC2=CC(c3ccc4c(c3)N(c3ccc(-c5ccccc5)cc3)c3cc(-n5c6ccccc6c6ccccc65)cc5c3B4c3cc(-c4ccccc4)ccc3N5c3ccc(-c4ccccc4)cc3)=C3C=C(C(C)(C)C)CC4C=CC(=C1)C2C34. The number of hydrogen-bond donors (Lipinski definition) is 0. The number of allylic oxidation sites excluding steroid dienone is 12. The smallest absolute Gasteiger partial charge is 0.252 e. The van der Waals surface area contributed by atoms with Gasteiger partial charge in [-0.1, -0.05) is 259 Å². The first-order chi connectivity index (χ1) is 42.9. The average molecular weight is 1130 g/mol. The van der Waals surface area contributed by atoms with E-state index in [1.807, 2.05) is 0 Å². The Balaban J connectivity index is 0.971. The molecule has 4 aliphatic carbocycles. The lowest BCUT2D eigenvalue weighted by Gasteiger charge is -2.48. The van der Waals surface area contributed by atoms with Gasteiger partial charge in [0.15, 0.2) is 0 Å². The summed E-state index contributed by atoms with van der Waals surface area (Å²) in [4.78, 5) is 5.21. The Morgan fingerprint density at radius 2 is 0.920 bits per heavy atom. The standard InChI is InChI=1S/C84H68BN3/c1-83(2,3)63-44-60-30-31-61-45-64(84(4,5)6)50-71-70(47-62(46-63)80(60)81(61)71)59-36-42-72-77(49-59)87(66-40-34-57(35-41-66)54-22-12-8-13-23-54)79-52-67(88-74-28-18-16-26-68(74)69-27-17-19-29-75(69)88)51-78-82(79)85(72)73-48-58(55-24-14-9-15-25-55)37-43-76(73)86(78)65-38-32-56(33-39-65)53-20-10-7-11-21-53/h7-44,46-52,61,80-81H,45H2,1-6H3. The van der Waals surface area contributed by atoms with E-state index < -0.39 is 0 Å². The van der Waals surface area contributed by atoms with Crippen LogP contribution in [0.4, 0.5) is 34.1 Å². The fourth-order valence-electron chi connectivity index (χ4n) is 15.7. The molecule has 0 fully saturated rings. The topological polar surface area (TPSA) is 11.4 Å². The number of nitrogens with zero attached hydrogens (tertiary/aromatic N) is 3. The minimum Gasteiger partial charge on any atom is -0.311 e. The van der Waals surface area contributed by atoms with Crippen LogP contribution in [0.3, 0.4) is 0 Å². The molecule has 0 spiro atoms. The van der Waals surface area contributed by atoms with Crippen molar-refractivity contribution in [2.45, 2.75) is 48.0 Å². The fourth-order valence-corrected chi connectivity index (χ4v) is 15.7. The van der Waals surface area contributed by atoms with Gasteiger partial charge in [-0.15, -0.1) is 0 Å². The van der Waals surface area contributed by atoms with Crippen LogP contribution in [0.15, 0.2) is 301 Å². The molecule has 88 heavy (non-hydrogen) atoms. The summed E-state index contributed by atoms with van der Waals surface area (Å²) in [5.74, 6) is 1.09. The number of hydrogen-bond acceptors (Lipinski definition) is 2. The molecule has 0 amide bonds. The number of rotatable bonds is 7. The average Bonchev–Trinajstić information content (AvgIpc) is 0.817. The molecule has 17 rings (SSSR count). The predicted octanol–water partition coefficient (Wildman–Crippen LogP) is 20.3. The van der Waals surface area contributed by atoms with Crippen molar-refractivity contribution in [1.82, 2.24) is 4.57 Å². The number of aromatic nitrogens is 1. The highest BCUT2D eigenvalue weighted by atomic mass is 15.2. The van der Waals surface area contributed by atoms with Gasteiger partial charge in [0.1, 0.15) is 0 Å². The first kappa shape index (κ1) is 52.4. The van der Waals surface area contributed by atoms with Gasteiger partial charge in [0.25, 0.3) is 6.71 Å². The predicted molar refractivity (Wildman–Crippen MR) is 374 cm³/mol. The highest BCUT2D eigenvalue weighted by molar-refractivity contribution is 7.00. The van der Waals surface area contributed by atoms with Crippen LogP contribution in [-0.2, 0) is 0 Å². The Kier molecular flexibility index (Phi) is 11.8. The highest BCUT2D eigenvalue weighted by Crippen LogP contribution is 2.58. The van der Waals surface area contributed by atoms with Crippen molar-refractivity contribution in [2.24, 2.45) is 28.6 Å². The van der Waals surface area contributed by atoms with E-state index in [1.54, 1.807) is 0 Å². The van der Waals surface area contributed by atoms with E-state index in [2.05, 4.69) is 329 Å². The van der Waals surface area contributed by atoms with Crippen LogP contribution < -0.4 is 26.2 Å². The molecule has 3 unspecified atom stereocenters. The maximum atomic E-state index is 2.64. The molecule has 3 heterocycles. The van der Waals surface area contributed by atoms with Gasteiger partial charge in [0, 0.05) is 56.7 Å². The largest absolute Gasteiger partial charge is 0.311 e. The molecule has 0 saturated heterocycles. The molecular weight excluding hydrogens is 1060 g/mol. The summed E-state index contributed by atoms with van der Waals surface area (Å²) in [6.45, 7) is 14.2. The van der Waals surface area contributed by atoms with Crippen LogP contribution in [0.5, 0.6) is 0 Å². The third-order valence-electron chi connectivity index (χ3n) is 20.1. The molecule has 0 N–H and O–H groups in total. The van der Waals surface area contributed by atoms with E-state index in [0.29, 0.717) is 17.8 Å². The summed E-state index contributed by atoms with van der Waals surface area (Å²) in [6, 6.07) is 89.0. The lowest BCUT2D eigenvalue weighted by Crippen LogP contribution is -2.61. The zero-order valence-electron chi connectivity index (χ0n) is 50.8. The number of para-hydroxylation sites is 2. The van der Waals surface area contributed by atoms with Crippen molar-refractivity contribution in [3.63, 3.8) is 0 Å². The van der Waals surface area contributed by atoms with Gasteiger partial charge in [-0.05, 0) is 167 Å².